The van der Waals surface area contributed by atoms with Gasteiger partial charge in [0.05, 0.1) is 11.3 Å². The van der Waals surface area contributed by atoms with Crippen molar-refractivity contribution in [3.63, 3.8) is 0 Å². The number of allylic oxidation sites excluding steroid dienone is 1. The second-order valence-electron chi connectivity index (χ2n) is 4.32. The molecule has 1 rings (SSSR count). The molecule has 0 aromatic heterocycles. The fraction of sp³-hybridized carbons (Fsp3) is 0. The highest BCUT2D eigenvalue weighted by Crippen LogP contribution is 2.42. The molecule has 0 fully saturated rings. The number of benzene rings is 1. The molecule has 1 aromatic carbocycles. The van der Waals surface area contributed by atoms with Gasteiger partial charge < -0.3 is 10.8 Å². The molecular weight excluding hydrogens is 332 g/mol. The molecular formula is C12H15B2N5O4S. The summed E-state index contributed by atoms with van der Waals surface area (Å²) in [6, 6.07) is 1.07. The number of hydrogen-bond donors (Lipinski definition) is 3. The number of nitrogens with two attached hydrogens (primary N) is 1. The first-order valence-corrected chi connectivity index (χ1v) is 7.89. The van der Waals surface area contributed by atoms with Crippen LogP contribution in [0.3, 0.4) is 0 Å². The van der Waals surface area contributed by atoms with Crippen LogP contribution < -0.4 is 5.73 Å². The van der Waals surface area contributed by atoms with Crippen LogP contribution in [0.25, 0.3) is 11.8 Å². The smallest absolute Gasteiger partial charge is 0.296 e. The summed E-state index contributed by atoms with van der Waals surface area (Å²) < 4.78 is 32.4. The monoisotopic (exact) mass is 347 g/mol. The van der Waals surface area contributed by atoms with Gasteiger partial charge in [0.1, 0.15) is 16.3 Å². The summed E-state index contributed by atoms with van der Waals surface area (Å²) in [6.45, 7) is 7.10. The lowest BCUT2D eigenvalue weighted by molar-refractivity contribution is 0.466. The van der Waals surface area contributed by atoms with Gasteiger partial charge in [0.15, 0.2) is 5.75 Å². The topological polar surface area (TPSA) is 150 Å². The van der Waals surface area contributed by atoms with E-state index >= 15 is 0 Å². The van der Waals surface area contributed by atoms with Gasteiger partial charge in [-0.15, -0.1) is 0 Å². The molecule has 12 heteroatoms. The zero-order chi connectivity index (χ0) is 18.5. The van der Waals surface area contributed by atoms with Gasteiger partial charge in [-0.25, -0.2) is 0 Å². The van der Waals surface area contributed by atoms with Gasteiger partial charge in [-0.2, -0.15) is 18.6 Å². The molecule has 9 nitrogen and oxygen atoms in total. The largest absolute Gasteiger partial charge is 0.505 e. The molecule has 0 saturated heterocycles. The molecule has 0 amide bonds. The molecule has 0 heterocycles. The summed E-state index contributed by atoms with van der Waals surface area (Å²) in [6.07, 6.45) is 2.57. The van der Waals surface area contributed by atoms with Crippen molar-refractivity contribution in [3.05, 3.63) is 42.1 Å². The van der Waals surface area contributed by atoms with Crippen molar-refractivity contribution in [1.82, 2.24) is 0 Å². The van der Waals surface area contributed by atoms with Gasteiger partial charge in [-0.05, 0) is 17.7 Å². The molecule has 4 N–H and O–H groups in total. The molecule has 0 bridgehead atoms. The van der Waals surface area contributed by atoms with Gasteiger partial charge in [0, 0.05) is 0 Å². The zero-order valence-corrected chi connectivity index (χ0v) is 13.9. The maximum atomic E-state index is 11.5. The van der Waals surface area contributed by atoms with Crippen LogP contribution in [0.5, 0.6) is 5.75 Å². The van der Waals surface area contributed by atoms with Crippen molar-refractivity contribution < 1.29 is 18.1 Å². The van der Waals surface area contributed by atoms with Crippen LogP contribution in [0, 0.1) is 0 Å². The van der Waals surface area contributed by atoms with Crippen molar-refractivity contribution in [2.75, 3.05) is 0 Å². The zero-order valence-electron chi connectivity index (χ0n) is 13.1. The first-order chi connectivity index (χ1) is 11.2. The summed E-state index contributed by atoms with van der Waals surface area (Å²) in [4.78, 5) is -0.630. The SMILES string of the molecule is BN=N/C(C=C)=C(\N)c1c(C=C)cc(S(=O)(=O)O)c(/N=N/B)c1O. The molecule has 0 spiro atoms. The Balaban J connectivity index is 4.04. The molecule has 0 unspecified atom stereocenters. The molecule has 1 aromatic rings. The van der Waals surface area contributed by atoms with E-state index in [1.54, 1.807) is 0 Å². The number of phenolic OH excluding ortho intramolecular Hbond substituents is 1. The van der Waals surface area contributed by atoms with Crippen molar-refractivity contribution in [1.29, 1.82) is 0 Å². The Morgan fingerprint density at radius 2 is 1.92 bits per heavy atom. The van der Waals surface area contributed by atoms with Gasteiger partial charge >= 0.3 is 0 Å². The summed E-state index contributed by atoms with van der Waals surface area (Å²) in [5.74, 6) is -0.603. The summed E-state index contributed by atoms with van der Waals surface area (Å²) >= 11 is 0. The van der Waals surface area contributed by atoms with E-state index in [2.05, 4.69) is 33.4 Å². The van der Waals surface area contributed by atoms with Crippen LogP contribution >= 0.6 is 0 Å². The molecule has 124 valence electrons. The van der Waals surface area contributed by atoms with Gasteiger partial charge in [0.2, 0.25) is 0 Å². The average molecular weight is 347 g/mol. The third-order valence-corrected chi connectivity index (χ3v) is 3.78. The molecule has 0 aliphatic heterocycles. The predicted molar refractivity (Wildman–Crippen MR) is 95.8 cm³/mol. The number of aromatic hydroxyl groups is 1. The highest BCUT2D eigenvalue weighted by molar-refractivity contribution is 7.86. The van der Waals surface area contributed by atoms with E-state index in [4.69, 9.17) is 5.73 Å². The van der Waals surface area contributed by atoms with Crippen LogP contribution in [0.15, 0.2) is 56.2 Å². The van der Waals surface area contributed by atoms with E-state index in [0.717, 1.165) is 6.07 Å². The van der Waals surface area contributed by atoms with Crippen LogP contribution in [-0.4, -0.2) is 34.0 Å². The molecule has 0 radical (unpaired) electrons. The van der Waals surface area contributed by atoms with E-state index in [0.29, 0.717) is 0 Å². The van der Waals surface area contributed by atoms with E-state index < -0.39 is 26.5 Å². The van der Waals surface area contributed by atoms with Crippen molar-refractivity contribution in [2.24, 2.45) is 26.0 Å². The molecule has 0 saturated carbocycles. The third kappa shape index (κ3) is 3.78. The fourth-order valence-electron chi connectivity index (χ4n) is 1.93. The Bertz CT molecular complexity index is 878. The van der Waals surface area contributed by atoms with Gasteiger partial charge in [0.25, 0.3) is 26.1 Å². The van der Waals surface area contributed by atoms with Gasteiger partial charge in [-0.3, -0.25) is 14.6 Å². The van der Waals surface area contributed by atoms with E-state index in [1.807, 2.05) is 0 Å². The molecule has 0 atom stereocenters. The number of rotatable bonds is 6. The minimum Gasteiger partial charge on any atom is -0.505 e. The van der Waals surface area contributed by atoms with Crippen LogP contribution in [0.4, 0.5) is 5.69 Å². The van der Waals surface area contributed by atoms with E-state index in [9.17, 15) is 18.1 Å². The maximum absolute atomic E-state index is 11.5. The Labute approximate surface area is 141 Å². The first kappa shape index (κ1) is 19.3. The Kier molecular flexibility index (Phi) is 6.20. The van der Waals surface area contributed by atoms with Crippen molar-refractivity contribution in [2.45, 2.75) is 4.90 Å². The second kappa shape index (κ2) is 7.70. The second-order valence-corrected chi connectivity index (χ2v) is 5.71. The van der Waals surface area contributed by atoms with Crippen molar-refractivity contribution >= 4 is 43.5 Å². The van der Waals surface area contributed by atoms with Crippen molar-refractivity contribution in [3.8, 4) is 5.75 Å². The predicted octanol–water partition coefficient (Wildman–Crippen LogP) is 0.727. The quantitative estimate of drug-likeness (QED) is 0.300. The lowest BCUT2D eigenvalue weighted by Gasteiger charge is -2.14. The third-order valence-electron chi connectivity index (χ3n) is 2.91. The average Bonchev–Trinajstić information content (AvgIpc) is 2.52. The number of phenols is 1. The summed E-state index contributed by atoms with van der Waals surface area (Å²) in [7, 11) is -1.98. The standard InChI is InChI=1S/C12H15B2N5O4S/c1-3-6-5-8(24(21,22)23)11(17-19-14)12(20)9(6)10(15)7(4-2)16-18-13/h3-5,20H,1-2,13-15H2,(H,21,22,23)/b10-7-,18-16?,19-17+. The summed E-state index contributed by atoms with van der Waals surface area (Å²) in [5, 5.41) is 24.8. The highest BCUT2D eigenvalue weighted by atomic mass is 32.2. The van der Waals surface area contributed by atoms with Crippen LogP contribution in [0.2, 0.25) is 0 Å². The molecule has 24 heavy (non-hydrogen) atoms. The summed E-state index contributed by atoms with van der Waals surface area (Å²) in [5.41, 5.74) is 5.81. The normalized spacial score (nSPS) is 13.2. The van der Waals surface area contributed by atoms with E-state index in [1.165, 1.54) is 28.1 Å². The fourth-order valence-corrected chi connectivity index (χ4v) is 2.59. The lowest BCUT2D eigenvalue weighted by Crippen LogP contribution is -2.06. The van der Waals surface area contributed by atoms with Crippen LogP contribution in [-0.2, 0) is 10.1 Å². The van der Waals surface area contributed by atoms with Gasteiger partial charge in [-0.1, -0.05) is 19.2 Å². The minimum absolute atomic E-state index is 0.0158. The molecule has 0 aliphatic rings. The van der Waals surface area contributed by atoms with E-state index in [-0.39, 0.29) is 22.5 Å². The Hall–Kier alpha value is -2.72. The number of hydrogen-bond acceptors (Lipinski definition) is 8. The number of nitrogens with zero attached hydrogens (tertiary/aromatic N) is 4. The molecule has 0 aliphatic carbocycles. The maximum Gasteiger partial charge on any atom is 0.296 e. The first-order valence-electron chi connectivity index (χ1n) is 6.45. The minimum atomic E-state index is -4.67. The highest BCUT2D eigenvalue weighted by Gasteiger charge is 2.25. The Morgan fingerprint density at radius 3 is 2.33 bits per heavy atom. The Morgan fingerprint density at radius 1 is 1.29 bits per heavy atom. The van der Waals surface area contributed by atoms with Crippen LogP contribution in [0.1, 0.15) is 11.1 Å². The lowest BCUT2D eigenvalue weighted by atomic mass is 10.0.